The quantitative estimate of drug-likeness (QED) is 0.840. The Morgan fingerprint density at radius 2 is 2.29 bits per heavy atom. The normalized spacial score (nSPS) is 18.7. The molecule has 1 saturated heterocycles. The van der Waals surface area contributed by atoms with Gasteiger partial charge in [-0.3, -0.25) is 0 Å². The van der Waals surface area contributed by atoms with Gasteiger partial charge in [0.05, 0.1) is 17.3 Å². The van der Waals surface area contributed by atoms with E-state index >= 15 is 0 Å². The van der Waals surface area contributed by atoms with Gasteiger partial charge in [0.15, 0.2) is 0 Å². The smallest absolute Gasteiger partial charge is 0.128 e. The maximum Gasteiger partial charge on any atom is 0.128 e. The lowest BCUT2D eigenvalue weighted by atomic mass is 10.1. The summed E-state index contributed by atoms with van der Waals surface area (Å²) in [5.41, 5.74) is 0.935. The molecule has 0 saturated carbocycles. The molecule has 1 aromatic heterocycles. The Kier molecular flexibility index (Phi) is 6.27. The zero-order valence-corrected chi connectivity index (χ0v) is 14.0. The predicted octanol–water partition coefficient (Wildman–Crippen LogP) is 2.95. The van der Waals surface area contributed by atoms with Crippen LogP contribution in [0, 0.1) is 11.8 Å². The molecule has 2 heterocycles. The number of ether oxygens (including phenoxy) is 1. The molecule has 1 aromatic rings. The van der Waals surface area contributed by atoms with Gasteiger partial charge in [-0.15, -0.1) is 0 Å². The number of nitrogens with one attached hydrogen (secondary N) is 1. The highest BCUT2D eigenvalue weighted by atomic mass is 35.5. The fraction of sp³-hybridized carbons (Fsp3) is 0.688. The van der Waals surface area contributed by atoms with Crippen molar-refractivity contribution in [3.8, 4) is 0 Å². The number of methoxy groups -OCH3 is 1. The van der Waals surface area contributed by atoms with Crippen molar-refractivity contribution >= 4 is 17.4 Å². The molecular formula is C16H26ClN3O. The molecule has 2 rings (SSSR count). The summed E-state index contributed by atoms with van der Waals surface area (Å²) in [6, 6.07) is 3.98. The fourth-order valence-corrected chi connectivity index (χ4v) is 2.84. The van der Waals surface area contributed by atoms with Gasteiger partial charge in [0, 0.05) is 32.7 Å². The molecule has 1 N–H and O–H groups in total. The van der Waals surface area contributed by atoms with E-state index in [1.54, 1.807) is 7.11 Å². The minimum atomic E-state index is 0.606. The lowest BCUT2D eigenvalue weighted by Gasteiger charge is -2.19. The number of aromatic nitrogens is 1. The minimum absolute atomic E-state index is 0.606. The van der Waals surface area contributed by atoms with Crippen molar-refractivity contribution in [3.05, 3.63) is 22.8 Å². The molecule has 1 unspecified atom stereocenters. The number of anilines is 1. The van der Waals surface area contributed by atoms with Gasteiger partial charge < -0.3 is 15.0 Å². The van der Waals surface area contributed by atoms with E-state index in [9.17, 15) is 0 Å². The summed E-state index contributed by atoms with van der Waals surface area (Å²) in [7, 11) is 1.77. The highest BCUT2D eigenvalue weighted by molar-refractivity contribution is 6.31. The third kappa shape index (κ3) is 4.83. The molecule has 0 amide bonds. The Labute approximate surface area is 132 Å². The van der Waals surface area contributed by atoms with E-state index < -0.39 is 0 Å². The van der Waals surface area contributed by atoms with Crippen LogP contribution in [-0.4, -0.2) is 38.3 Å². The van der Waals surface area contributed by atoms with E-state index in [2.05, 4.69) is 24.1 Å². The molecule has 0 aromatic carbocycles. The number of halogens is 1. The number of hydrogen-bond donors (Lipinski definition) is 1. The van der Waals surface area contributed by atoms with Crippen LogP contribution >= 0.6 is 11.6 Å². The molecule has 0 spiro atoms. The Morgan fingerprint density at radius 1 is 1.48 bits per heavy atom. The van der Waals surface area contributed by atoms with Crippen molar-refractivity contribution in [1.82, 2.24) is 10.3 Å². The Balaban J connectivity index is 1.98. The van der Waals surface area contributed by atoms with Crippen molar-refractivity contribution in [3.63, 3.8) is 0 Å². The van der Waals surface area contributed by atoms with Crippen molar-refractivity contribution in [2.24, 2.45) is 11.8 Å². The van der Waals surface area contributed by atoms with E-state index in [1.807, 2.05) is 12.1 Å². The lowest BCUT2D eigenvalue weighted by molar-refractivity contribution is 0.161. The summed E-state index contributed by atoms with van der Waals surface area (Å²) in [4.78, 5) is 7.06. The summed E-state index contributed by atoms with van der Waals surface area (Å²) >= 11 is 6.26. The molecule has 1 aliphatic rings. The first-order valence-corrected chi connectivity index (χ1v) is 8.08. The first-order chi connectivity index (χ1) is 10.1. The zero-order valence-electron chi connectivity index (χ0n) is 13.2. The van der Waals surface area contributed by atoms with Crippen molar-refractivity contribution in [1.29, 1.82) is 0 Å². The number of rotatable bonds is 7. The van der Waals surface area contributed by atoms with Crippen LogP contribution in [0.3, 0.4) is 0 Å². The van der Waals surface area contributed by atoms with Crippen LogP contribution in [0.1, 0.15) is 26.0 Å². The fourth-order valence-electron chi connectivity index (χ4n) is 2.66. The summed E-state index contributed by atoms with van der Waals surface area (Å²) < 4.78 is 5.25. The average molecular weight is 312 g/mol. The molecule has 0 aliphatic carbocycles. The van der Waals surface area contributed by atoms with Crippen LogP contribution in [0.25, 0.3) is 0 Å². The molecule has 4 nitrogen and oxygen atoms in total. The van der Waals surface area contributed by atoms with E-state index in [0.29, 0.717) is 11.8 Å². The predicted molar refractivity (Wildman–Crippen MR) is 88.0 cm³/mol. The van der Waals surface area contributed by atoms with Gasteiger partial charge in [-0.2, -0.15) is 0 Å². The summed E-state index contributed by atoms with van der Waals surface area (Å²) in [5, 5.41) is 4.14. The second-order valence-corrected chi connectivity index (χ2v) is 6.59. The van der Waals surface area contributed by atoms with E-state index in [4.69, 9.17) is 21.3 Å². The molecule has 1 atom stereocenters. The molecular weight excluding hydrogens is 286 g/mol. The van der Waals surface area contributed by atoms with Gasteiger partial charge in [0.2, 0.25) is 0 Å². The molecule has 21 heavy (non-hydrogen) atoms. The summed E-state index contributed by atoms with van der Waals surface area (Å²) in [6.07, 6.45) is 1.17. The van der Waals surface area contributed by atoms with Crippen LogP contribution in [0.15, 0.2) is 12.1 Å². The second-order valence-electron chi connectivity index (χ2n) is 6.18. The highest BCUT2D eigenvalue weighted by Crippen LogP contribution is 2.25. The van der Waals surface area contributed by atoms with Crippen LogP contribution in [0.2, 0.25) is 5.02 Å². The first kappa shape index (κ1) is 16.5. The second kappa shape index (κ2) is 7.97. The monoisotopic (exact) mass is 311 g/mol. The van der Waals surface area contributed by atoms with Gasteiger partial charge in [-0.1, -0.05) is 25.4 Å². The Hall–Kier alpha value is -0.840. The average Bonchev–Trinajstić information content (AvgIpc) is 2.89. The zero-order chi connectivity index (χ0) is 15.2. The number of hydrogen-bond acceptors (Lipinski definition) is 4. The highest BCUT2D eigenvalue weighted by Gasteiger charge is 2.23. The first-order valence-electron chi connectivity index (χ1n) is 7.70. The maximum atomic E-state index is 6.26. The van der Waals surface area contributed by atoms with Crippen molar-refractivity contribution in [2.45, 2.75) is 26.8 Å². The molecule has 5 heteroatoms. The molecule has 118 valence electrons. The molecule has 1 aliphatic heterocycles. The van der Waals surface area contributed by atoms with Gasteiger partial charge in [0.1, 0.15) is 5.82 Å². The minimum Gasteiger partial charge on any atom is -0.384 e. The van der Waals surface area contributed by atoms with Crippen LogP contribution in [0.5, 0.6) is 0 Å². The van der Waals surface area contributed by atoms with Gasteiger partial charge in [0.25, 0.3) is 0 Å². The van der Waals surface area contributed by atoms with Gasteiger partial charge in [-0.05, 0) is 31.0 Å². The Morgan fingerprint density at radius 3 is 3.00 bits per heavy atom. The Bertz CT molecular complexity index is 453. The number of pyridine rings is 1. The summed E-state index contributed by atoms with van der Waals surface area (Å²) in [5.74, 6) is 2.26. The van der Waals surface area contributed by atoms with E-state index in [-0.39, 0.29) is 0 Å². The SMILES string of the molecule is COCC1CCN(c2ccc(Cl)c(CNCC(C)C)n2)C1. The summed E-state index contributed by atoms with van der Waals surface area (Å²) in [6.45, 7) is 8.97. The molecule has 1 fully saturated rings. The third-order valence-electron chi connectivity index (χ3n) is 3.76. The van der Waals surface area contributed by atoms with E-state index in [0.717, 1.165) is 49.3 Å². The van der Waals surface area contributed by atoms with Crippen molar-refractivity contribution < 1.29 is 4.74 Å². The van der Waals surface area contributed by atoms with Gasteiger partial charge in [-0.25, -0.2) is 4.98 Å². The third-order valence-corrected chi connectivity index (χ3v) is 4.11. The van der Waals surface area contributed by atoms with Crippen LogP contribution < -0.4 is 10.2 Å². The van der Waals surface area contributed by atoms with Crippen LogP contribution in [-0.2, 0) is 11.3 Å². The van der Waals surface area contributed by atoms with Crippen LogP contribution in [0.4, 0.5) is 5.82 Å². The standard InChI is InChI=1S/C16H26ClN3O/c1-12(2)8-18-9-15-14(17)4-5-16(19-15)20-7-6-13(10-20)11-21-3/h4-5,12-13,18H,6-11H2,1-3H3. The largest absolute Gasteiger partial charge is 0.384 e. The maximum absolute atomic E-state index is 6.26. The molecule has 0 radical (unpaired) electrons. The topological polar surface area (TPSA) is 37.4 Å². The molecule has 0 bridgehead atoms. The lowest BCUT2D eigenvalue weighted by Crippen LogP contribution is -2.24. The van der Waals surface area contributed by atoms with E-state index in [1.165, 1.54) is 6.42 Å². The number of nitrogens with zero attached hydrogens (tertiary/aromatic N) is 2. The van der Waals surface area contributed by atoms with Crippen molar-refractivity contribution in [2.75, 3.05) is 38.3 Å². The van der Waals surface area contributed by atoms with Gasteiger partial charge >= 0.3 is 0 Å².